The number of nitrogens with zero attached hydrogens (tertiary/aromatic N) is 4. The average molecular weight is 352 g/mol. The van der Waals surface area contributed by atoms with Crippen molar-refractivity contribution in [1.29, 1.82) is 0 Å². The Labute approximate surface area is 141 Å². The molecule has 3 heterocycles. The summed E-state index contributed by atoms with van der Waals surface area (Å²) in [6, 6.07) is 0. The minimum Gasteiger partial charge on any atom is -0.463 e. The predicted molar refractivity (Wildman–Crippen MR) is 84.3 cm³/mol. The zero-order valence-corrected chi connectivity index (χ0v) is 13.6. The number of carbonyl (C=O) groups excluding carboxylic acids is 2. The maximum Gasteiger partial charge on any atom is 0.302 e. The largest absolute Gasteiger partial charge is 0.463 e. The lowest BCUT2D eigenvalue weighted by atomic mass is 10.4. The molecule has 0 spiro atoms. The quantitative estimate of drug-likeness (QED) is 0.504. The smallest absolute Gasteiger partial charge is 0.302 e. The van der Waals surface area contributed by atoms with E-state index in [0.29, 0.717) is 11.2 Å². The van der Waals surface area contributed by atoms with Crippen LogP contribution in [0.5, 0.6) is 0 Å². The lowest BCUT2D eigenvalue weighted by Crippen LogP contribution is -2.19. The molecule has 0 saturated heterocycles. The second kappa shape index (κ2) is 6.54. The van der Waals surface area contributed by atoms with E-state index in [9.17, 15) is 9.59 Å². The van der Waals surface area contributed by atoms with Crippen LogP contribution in [0.1, 0.15) is 20.1 Å². The maximum atomic E-state index is 11.2. The standard InChI is InChI=1S/C14H14ClN5O4/c1-7(21)17-14-18-12(15)11-13(19-14)20(6-16-11)10-4-3-9(24-10)5-23-8(2)22/h3-4,6,9-10H,5H2,1-2H3,(H,17,18,19,21)/t9-,10+/m0/s1. The van der Waals surface area contributed by atoms with Gasteiger partial charge in [-0.1, -0.05) is 17.7 Å². The molecule has 0 aliphatic carbocycles. The number of aromatic nitrogens is 4. The molecule has 3 rings (SSSR count). The van der Waals surface area contributed by atoms with Crippen LogP contribution < -0.4 is 5.32 Å². The van der Waals surface area contributed by atoms with Gasteiger partial charge >= 0.3 is 5.97 Å². The number of rotatable bonds is 4. The van der Waals surface area contributed by atoms with Crippen LogP contribution in [0.15, 0.2) is 18.5 Å². The van der Waals surface area contributed by atoms with Gasteiger partial charge in [0.15, 0.2) is 17.0 Å². The Hall–Kier alpha value is -2.52. The van der Waals surface area contributed by atoms with Crippen LogP contribution in [-0.2, 0) is 19.1 Å². The van der Waals surface area contributed by atoms with Crippen molar-refractivity contribution in [2.24, 2.45) is 0 Å². The third-order valence-electron chi connectivity index (χ3n) is 3.20. The van der Waals surface area contributed by atoms with E-state index < -0.39 is 6.23 Å². The summed E-state index contributed by atoms with van der Waals surface area (Å²) in [5.41, 5.74) is 0.813. The van der Waals surface area contributed by atoms with E-state index in [0.717, 1.165) is 0 Å². The molecule has 0 radical (unpaired) electrons. The number of carbonyl (C=O) groups is 2. The SMILES string of the molecule is CC(=O)Nc1nc(Cl)c2ncn([C@H]3C=C[C@@H](COC(C)=O)O3)c2n1. The van der Waals surface area contributed by atoms with Gasteiger partial charge in [-0.2, -0.15) is 9.97 Å². The molecular weight excluding hydrogens is 338 g/mol. The van der Waals surface area contributed by atoms with Gasteiger partial charge in [0.05, 0.1) is 6.33 Å². The van der Waals surface area contributed by atoms with E-state index in [4.69, 9.17) is 21.1 Å². The third-order valence-corrected chi connectivity index (χ3v) is 3.46. The molecule has 10 heteroatoms. The fourth-order valence-corrected chi connectivity index (χ4v) is 2.44. The van der Waals surface area contributed by atoms with Gasteiger partial charge in [0.1, 0.15) is 18.2 Å². The number of esters is 1. The summed E-state index contributed by atoms with van der Waals surface area (Å²) in [4.78, 5) is 34.4. The summed E-state index contributed by atoms with van der Waals surface area (Å²) < 4.78 is 12.3. The fraction of sp³-hybridized carbons (Fsp3) is 0.357. The van der Waals surface area contributed by atoms with Crippen LogP contribution in [0, 0.1) is 0 Å². The normalized spacial score (nSPS) is 19.6. The Morgan fingerprint density at radius 3 is 2.88 bits per heavy atom. The van der Waals surface area contributed by atoms with E-state index in [1.54, 1.807) is 16.7 Å². The van der Waals surface area contributed by atoms with E-state index in [2.05, 4.69) is 20.3 Å². The highest BCUT2D eigenvalue weighted by molar-refractivity contribution is 6.33. The second-order valence-corrected chi connectivity index (χ2v) is 5.45. The zero-order valence-electron chi connectivity index (χ0n) is 12.9. The van der Waals surface area contributed by atoms with Crippen LogP contribution >= 0.6 is 11.6 Å². The fourth-order valence-electron chi connectivity index (χ4n) is 2.22. The topological polar surface area (TPSA) is 108 Å². The van der Waals surface area contributed by atoms with E-state index in [1.165, 1.54) is 20.2 Å². The molecule has 0 bridgehead atoms. The minimum absolute atomic E-state index is 0.0835. The van der Waals surface area contributed by atoms with E-state index in [1.807, 2.05) is 0 Å². The van der Waals surface area contributed by atoms with Gasteiger partial charge < -0.3 is 9.47 Å². The maximum absolute atomic E-state index is 11.2. The van der Waals surface area contributed by atoms with E-state index >= 15 is 0 Å². The number of halogens is 1. The molecule has 1 amide bonds. The van der Waals surface area contributed by atoms with Crippen LogP contribution in [0.2, 0.25) is 5.15 Å². The first-order valence-corrected chi connectivity index (χ1v) is 7.46. The molecule has 2 atom stereocenters. The molecule has 1 aliphatic rings. The van der Waals surface area contributed by atoms with Gasteiger partial charge in [-0.25, -0.2) is 4.98 Å². The van der Waals surface area contributed by atoms with Crippen molar-refractivity contribution >= 4 is 40.6 Å². The predicted octanol–water partition coefficient (Wildman–Crippen LogP) is 1.45. The first kappa shape index (κ1) is 16.3. The number of fused-ring (bicyclic) bond motifs is 1. The van der Waals surface area contributed by atoms with Crippen molar-refractivity contribution in [2.75, 3.05) is 11.9 Å². The van der Waals surface area contributed by atoms with Gasteiger partial charge in [-0.3, -0.25) is 19.5 Å². The summed E-state index contributed by atoms with van der Waals surface area (Å²) in [6.45, 7) is 2.81. The van der Waals surface area contributed by atoms with Crippen LogP contribution in [-0.4, -0.2) is 44.1 Å². The third kappa shape index (κ3) is 3.36. The first-order chi connectivity index (χ1) is 11.4. The molecule has 0 fully saturated rings. The van der Waals surface area contributed by atoms with Crippen molar-refractivity contribution in [3.05, 3.63) is 23.6 Å². The van der Waals surface area contributed by atoms with Gasteiger partial charge in [0.2, 0.25) is 11.9 Å². The molecule has 2 aromatic heterocycles. The van der Waals surface area contributed by atoms with Gasteiger partial charge in [0, 0.05) is 13.8 Å². The minimum atomic E-state index is -0.480. The summed E-state index contributed by atoms with van der Waals surface area (Å²) in [5, 5.41) is 2.61. The van der Waals surface area contributed by atoms with Crippen molar-refractivity contribution in [2.45, 2.75) is 26.2 Å². The molecule has 1 N–H and O–H groups in total. The van der Waals surface area contributed by atoms with Gasteiger partial charge in [-0.15, -0.1) is 0 Å². The lowest BCUT2D eigenvalue weighted by Gasteiger charge is -2.15. The van der Waals surface area contributed by atoms with Crippen molar-refractivity contribution in [3.63, 3.8) is 0 Å². The highest BCUT2D eigenvalue weighted by Gasteiger charge is 2.24. The number of ether oxygens (including phenoxy) is 2. The molecule has 0 aromatic carbocycles. The number of hydrogen-bond donors (Lipinski definition) is 1. The van der Waals surface area contributed by atoms with E-state index in [-0.39, 0.29) is 35.7 Å². The summed E-state index contributed by atoms with van der Waals surface area (Å²) in [6.07, 6.45) is 4.27. The number of hydrogen-bond acceptors (Lipinski definition) is 7. The zero-order chi connectivity index (χ0) is 17.3. The second-order valence-electron chi connectivity index (χ2n) is 5.10. The molecule has 0 saturated carbocycles. The lowest BCUT2D eigenvalue weighted by molar-refractivity contribution is -0.144. The van der Waals surface area contributed by atoms with Gasteiger partial charge in [-0.05, 0) is 6.08 Å². The first-order valence-electron chi connectivity index (χ1n) is 7.09. The Bertz CT molecular complexity index is 834. The number of imidazole rings is 1. The number of anilines is 1. The Morgan fingerprint density at radius 1 is 1.38 bits per heavy atom. The number of nitrogens with one attached hydrogen (secondary N) is 1. The molecular formula is C14H14ClN5O4. The van der Waals surface area contributed by atoms with Crippen LogP contribution in [0.3, 0.4) is 0 Å². The van der Waals surface area contributed by atoms with Crippen molar-refractivity contribution in [1.82, 2.24) is 19.5 Å². The molecule has 1 aliphatic heterocycles. The molecule has 126 valence electrons. The summed E-state index contributed by atoms with van der Waals surface area (Å²) >= 11 is 6.08. The molecule has 24 heavy (non-hydrogen) atoms. The highest BCUT2D eigenvalue weighted by atomic mass is 35.5. The van der Waals surface area contributed by atoms with Gasteiger partial charge in [0.25, 0.3) is 0 Å². The molecule has 2 aromatic rings. The average Bonchev–Trinajstić information content (AvgIpc) is 3.10. The summed E-state index contributed by atoms with van der Waals surface area (Å²) in [7, 11) is 0. The van der Waals surface area contributed by atoms with Crippen molar-refractivity contribution in [3.8, 4) is 0 Å². The Morgan fingerprint density at radius 2 is 2.17 bits per heavy atom. The molecule has 9 nitrogen and oxygen atoms in total. The van der Waals surface area contributed by atoms with Crippen LogP contribution in [0.4, 0.5) is 5.95 Å². The van der Waals surface area contributed by atoms with Crippen LogP contribution in [0.25, 0.3) is 11.2 Å². The summed E-state index contributed by atoms with van der Waals surface area (Å²) in [5.74, 6) is -0.599. The Kier molecular flexibility index (Phi) is 4.45. The van der Waals surface area contributed by atoms with Crippen molar-refractivity contribution < 1.29 is 19.1 Å². The molecule has 0 unspecified atom stereocenters. The number of amides is 1. The highest BCUT2D eigenvalue weighted by Crippen LogP contribution is 2.27. The monoisotopic (exact) mass is 351 g/mol. The Balaban J connectivity index is 1.85.